The summed E-state index contributed by atoms with van der Waals surface area (Å²) in [5.41, 5.74) is 0. The largest absolute Gasteiger partial charge is 0.394 e. The van der Waals surface area contributed by atoms with Crippen molar-refractivity contribution in [2.24, 2.45) is 0 Å². The van der Waals surface area contributed by atoms with Crippen molar-refractivity contribution in [3.63, 3.8) is 0 Å². The minimum atomic E-state index is -2.00. The van der Waals surface area contributed by atoms with Crippen LogP contribution in [-0.4, -0.2) is 81.4 Å². The van der Waals surface area contributed by atoms with Crippen molar-refractivity contribution in [2.45, 2.75) is 49.6 Å². The van der Waals surface area contributed by atoms with E-state index in [0.29, 0.717) is 0 Å². The van der Waals surface area contributed by atoms with Crippen LogP contribution in [0, 0.1) is 6.61 Å². The maximum absolute atomic E-state index is 11.2. The Morgan fingerprint density at radius 1 is 1.57 bits per heavy atom. The van der Waals surface area contributed by atoms with Crippen LogP contribution >= 0.6 is 0 Å². The molecule has 0 aromatic heterocycles. The van der Waals surface area contributed by atoms with Crippen LogP contribution in [0.5, 0.6) is 0 Å². The molecule has 1 amide bonds. The molecule has 0 aromatic rings. The van der Waals surface area contributed by atoms with E-state index in [0.717, 1.165) is 6.61 Å². The van der Waals surface area contributed by atoms with Gasteiger partial charge in [-0.2, -0.15) is 0 Å². The number of aliphatic hydroxyl groups excluding tert-OH is 4. The SMILES string of the molecule is CO[CH][C@]1(O)C[C@H](O)[C@@H](NC(C)=O)[C@H]([C@H](O)[C@H](O)CO)O1. The predicted octanol–water partition coefficient (Wildman–Crippen LogP) is -3.15. The van der Waals surface area contributed by atoms with Gasteiger partial charge in [0.1, 0.15) is 24.9 Å². The van der Waals surface area contributed by atoms with Gasteiger partial charge in [-0.1, -0.05) is 0 Å². The van der Waals surface area contributed by atoms with Gasteiger partial charge in [-0.3, -0.25) is 4.79 Å². The number of nitrogens with one attached hydrogen (secondary N) is 1. The molecule has 1 heterocycles. The van der Waals surface area contributed by atoms with Gasteiger partial charge in [0, 0.05) is 20.5 Å². The Bertz CT molecular complexity index is 354. The molecule has 0 aromatic carbocycles. The fraction of sp³-hybridized carbons (Fsp3) is 0.833. The van der Waals surface area contributed by atoms with E-state index in [4.69, 9.17) is 9.84 Å². The van der Waals surface area contributed by atoms with Gasteiger partial charge in [0.25, 0.3) is 0 Å². The van der Waals surface area contributed by atoms with Crippen molar-refractivity contribution < 1.29 is 39.8 Å². The zero-order valence-corrected chi connectivity index (χ0v) is 11.8. The van der Waals surface area contributed by atoms with Crippen LogP contribution in [-0.2, 0) is 14.3 Å². The fourth-order valence-electron chi connectivity index (χ4n) is 2.28. The third-order valence-corrected chi connectivity index (χ3v) is 3.20. The first kappa shape index (κ1) is 18.2. The summed E-state index contributed by atoms with van der Waals surface area (Å²) in [6, 6.07) is -1.07. The Balaban J connectivity index is 2.98. The van der Waals surface area contributed by atoms with Gasteiger partial charge in [0.2, 0.25) is 5.91 Å². The number of hydrogen-bond donors (Lipinski definition) is 6. The monoisotopic (exact) mass is 308 g/mol. The van der Waals surface area contributed by atoms with Crippen molar-refractivity contribution in [1.82, 2.24) is 5.32 Å². The first-order valence-electron chi connectivity index (χ1n) is 6.43. The molecule has 9 nitrogen and oxygen atoms in total. The summed E-state index contributed by atoms with van der Waals surface area (Å²) < 4.78 is 9.93. The molecule has 1 radical (unpaired) electrons. The predicted molar refractivity (Wildman–Crippen MR) is 68.5 cm³/mol. The van der Waals surface area contributed by atoms with E-state index >= 15 is 0 Å². The van der Waals surface area contributed by atoms with Crippen LogP contribution < -0.4 is 5.32 Å². The van der Waals surface area contributed by atoms with Crippen LogP contribution in [0.2, 0.25) is 0 Å². The summed E-state index contributed by atoms with van der Waals surface area (Å²) >= 11 is 0. The average Bonchev–Trinajstić information content (AvgIpc) is 2.39. The van der Waals surface area contributed by atoms with Gasteiger partial charge in [-0.15, -0.1) is 0 Å². The van der Waals surface area contributed by atoms with Crippen molar-refractivity contribution in [3.05, 3.63) is 6.61 Å². The Morgan fingerprint density at radius 3 is 2.67 bits per heavy atom. The van der Waals surface area contributed by atoms with Crippen LogP contribution in [0.4, 0.5) is 0 Å². The highest BCUT2D eigenvalue weighted by Gasteiger charge is 2.50. The molecule has 1 fully saturated rings. The zero-order chi connectivity index (χ0) is 16.2. The Hall–Kier alpha value is -0.810. The number of methoxy groups -OCH3 is 1. The van der Waals surface area contributed by atoms with Crippen LogP contribution in [0.15, 0.2) is 0 Å². The molecular weight excluding hydrogens is 286 g/mol. The molecule has 1 rings (SSSR count). The number of carbonyl (C=O) groups excluding carboxylic acids is 1. The van der Waals surface area contributed by atoms with E-state index < -0.39 is 48.8 Å². The standard InChI is InChI=1S/C12H22NO8/c1-6(15)13-9-7(16)3-12(19,5-20-2)21-11(9)10(18)8(17)4-14/h5,7-11,14,16-19H,3-4H2,1-2H3,(H,13,15)/t7-,8+,9+,10+,11+,12-/m0/s1. The number of aliphatic hydroxyl groups is 5. The van der Waals surface area contributed by atoms with Gasteiger partial charge in [-0.25, -0.2) is 0 Å². The maximum atomic E-state index is 11.2. The number of carbonyl (C=O) groups is 1. The minimum Gasteiger partial charge on any atom is -0.394 e. The Morgan fingerprint density at radius 2 is 2.19 bits per heavy atom. The minimum absolute atomic E-state index is 0.301. The summed E-state index contributed by atoms with van der Waals surface area (Å²) in [5, 5.41) is 51.0. The molecule has 1 aliphatic heterocycles. The van der Waals surface area contributed by atoms with E-state index in [1.54, 1.807) is 0 Å². The van der Waals surface area contributed by atoms with Gasteiger partial charge in [-0.05, 0) is 0 Å². The molecule has 21 heavy (non-hydrogen) atoms. The van der Waals surface area contributed by atoms with Gasteiger partial charge in [0.05, 0.1) is 18.8 Å². The highest BCUT2D eigenvalue weighted by molar-refractivity contribution is 5.73. The molecule has 0 spiro atoms. The van der Waals surface area contributed by atoms with E-state index in [-0.39, 0.29) is 6.42 Å². The third-order valence-electron chi connectivity index (χ3n) is 3.20. The van der Waals surface area contributed by atoms with E-state index in [2.05, 4.69) is 10.1 Å². The van der Waals surface area contributed by atoms with Gasteiger partial charge >= 0.3 is 0 Å². The number of amides is 1. The van der Waals surface area contributed by atoms with Crippen molar-refractivity contribution in [1.29, 1.82) is 0 Å². The molecule has 1 saturated heterocycles. The molecule has 0 aliphatic carbocycles. The molecule has 0 bridgehead atoms. The topological polar surface area (TPSA) is 149 Å². The van der Waals surface area contributed by atoms with Crippen molar-refractivity contribution in [3.8, 4) is 0 Å². The van der Waals surface area contributed by atoms with E-state index in [9.17, 15) is 25.2 Å². The van der Waals surface area contributed by atoms with Crippen LogP contribution in [0.3, 0.4) is 0 Å². The molecule has 6 N–H and O–H groups in total. The van der Waals surface area contributed by atoms with Crippen molar-refractivity contribution >= 4 is 5.91 Å². The third kappa shape index (κ3) is 4.58. The molecule has 0 unspecified atom stereocenters. The lowest BCUT2D eigenvalue weighted by Crippen LogP contribution is -2.65. The van der Waals surface area contributed by atoms with E-state index in [1.165, 1.54) is 14.0 Å². The highest BCUT2D eigenvalue weighted by atomic mass is 16.7. The van der Waals surface area contributed by atoms with Crippen LogP contribution in [0.25, 0.3) is 0 Å². The lowest BCUT2D eigenvalue weighted by atomic mass is 9.89. The lowest BCUT2D eigenvalue weighted by molar-refractivity contribution is -0.297. The highest BCUT2D eigenvalue weighted by Crippen LogP contribution is 2.32. The number of rotatable bonds is 6. The van der Waals surface area contributed by atoms with Gasteiger partial charge < -0.3 is 40.3 Å². The Labute approximate surface area is 122 Å². The lowest BCUT2D eigenvalue weighted by Gasteiger charge is -2.46. The summed E-state index contributed by atoms with van der Waals surface area (Å²) in [6.45, 7) is 1.38. The first-order valence-corrected chi connectivity index (χ1v) is 6.43. The zero-order valence-electron chi connectivity index (χ0n) is 11.8. The first-order chi connectivity index (χ1) is 9.74. The molecule has 123 valence electrons. The number of hydrogen-bond acceptors (Lipinski definition) is 8. The molecule has 1 aliphatic rings. The maximum Gasteiger partial charge on any atom is 0.217 e. The van der Waals surface area contributed by atoms with Crippen molar-refractivity contribution in [2.75, 3.05) is 13.7 Å². The van der Waals surface area contributed by atoms with Crippen LogP contribution in [0.1, 0.15) is 13.3 Å². The smallest absolute Gasteiger partial charge is 0.217 e. The van der Waals surface area contributed by atoms with Gasteiger partial charge in [0.15, 0.2) is 5.79 Å². The average molecular weight is 308 g/mol. The molecule has 0 saturated carbocycles. The second kappa shape index (κ2) is 7.45. The second-order valence-corrected chi connectivity index (χ2v) is 5.02. The summed E-state index contributed by atoms with van der Waals surface area (Å²) in [5.74, 6) is -2.48. The summed E-state index contributed by atoms with van der Waals surface area (Å²) in [6.07, 6.45) is -6.12. The fourth-order valence-corrected chi connectivity index (χ4v) is 2.28. The molecular formula is C12H22NO8. The summed E-state index contributed by atoms with van der Waals surface area (Å²) in [7, 11) is 1.27. The van der Waals surface area contributed by atoms with E-state index in [1.807, 2.05) is 0 Å². The molecule has 6 atom stereocenters. The normalized spacial score (nSPS) is 36.0. The molecule has 9 heteroatoms. The number of ether oxygens (including phenoxy) is 2. The summed E-state index contributed by atoms with van der Waals surface area (Å²) in [4.78, 5) is 11.2. The second-order valence-electron chi connectivity index (χ2n) is 5.02. The Kier molecular flexibility index (Phi) is 6.47. The quantitative estimate of drug-likeness (QED) is 0.301.